The Bertz CT molecular complexity index is 543. The van der Waals surface area contributed by atoms with Crippen molar-refractivity contribution < 1.29 is 14.7 Å². The Hall–Kier alpha value is -1.84. The van der Waals surface area contributed by atoms with E-state index >= 15 is 0 Å². The molecule has 1 aromatic carbocycles. The maximum atomic E-state index is 12.2. The quantitative estimate of drug-likeness (QED) is 0.890. The van der Waals surface area contributed by atoms with Crippen molar-refractivity contribution in [2.24, 2.45) is 5.41 Å². The lowest BCUT2D eigenvalue weighted by Gasteiger charge is -2.27. The molecule has 0 heterocycles. The van der Waals surface area contributed by atoms with Crippen LogP contribution in [-0.4, -0.2) is 23.0 Å². The molecule has 0 aromatic heterocycles. The van der Waals surface area contributed by atoms with Crippen LogP contribution in [0.25, 0.3) is 0 Å². The lowest BCUT2D eigenvalue weighted by atomic mass is 9.86. The Morgan fingerprint density at radius 3 is 2.45 bits per heavy atom. The summed E-state index contributed by atoms with van der Waals surface area (Å²) in [4.78, 5) is 23.5. The number of hydrogen-bond acceptors (Lipinski definition) is 2. The number of rotatable bonds is 3. The third kappa shape index (κ3) is 3.00. The SMILES string of the molecule is CC(C)(C)C(NC(=O)c1ccc2c(c1)CCC2)C(=O)O. The summed E-state index contributed by atoms with van der Waals surface area (Å²) in [6.45, 7) is 5.40. The van der Waals surface area contributed by atoms with Crippen LogP contribution >= 0.6 is 0 Å². The van der Waals surface area contributed by atoms with E-state index < -0.39 is 17.4 Å². The van der Waals surface area contributed by atoms with Gasteiger partial charge in [0.25, 0.3) is 5.91 Å². The zero-order valence-electron chi connectivity index (χ0n) is 12.2. The first-order chi connectivity index (χ1) is 9.29. The molecule has 20 heavy (non-hydrogen) atoms. The van der Waals surface area contributed by atoms with Gasteiger partial charge in [-0.2, -0.15) is 0 Å². The van der Waals surface area contributed by atoms with Gasteiger partial charge < -0.3 is 10.4 Å². The third-order valence-electron chi connectivity index (χ3n) is 3.75. The molecule has 1 amide bonds. The molecule has 0 fully saturated rings. The summed E-state index contributed by atoms with van der Waals surface area (Å²) in [5.74, 6) is -1.32. The summed E-state index contributed by atoms with van der Waals surface area (Å²) in [5, 5.41) is 11.9. The maximum absolute atomic E-state index is 12.2. The Balaban J connectivity index is 2.17. The van der Waals surface area contributed by atoms with Crippen molar-refractivity contribution >= 4 is 11.9 Å². The molecule has 1 atom stereocenters. The number of aliphatic carboxylic acids is 1. The van der Waals surface area contributed by atoms with Gasteiger partial charge >= 0.3 is 5.97 Å². The Kier molecular flexibility index (Phi) is 3.84. The van der Waals surface area contributed by atoms with Gasteiger partial charge in [-0.15, -0.1) is 0 Å². The highest BCUT2D eigenvalue weighted by atomic mass is 16.4. The van der Waals surface area contributed by atoms with Crippen molar-refractivity contribution in [2.45, 2.75) is 46.1 Å². The van der Waals surface area contributed by atoms with E-state index in [1.165, 1.54) is 11.1 Å². The highest BCUT2D eigenvalue weighted by Crippen LogP contribution is 2.24. The average molecular weight is 275 g/mol. The molecule has 1 unspecified atom stereocenters. The van der Waals surface area contributed by atoms with Crippen LogP contribution in [0.4, 0.5) is 0 Å². The zero-order chi connectivity index (χ0) is 14.9. The summed E-state index contributed by atoms with van der Waals surface area (Å²) in [6, 6.07) is 4.74. The van der Waals surface area contributed by atoms with Crippen molar-refractivity contribution in [3.05, 3.63) is 34.9 Å². The van der Waals surface area contributed by atoms with Crippen LogP contribution in [0.1, 0.15) is 48.7 Å². The molecular formula is C16H21NO3. The first kappa shape index (κ1) is 14.6. The summed E-state index contributed by atoms with van der Waals surface area (Å²) in [6.07, 6.45) is 3.19. The van der Waals surface area contributed by atoms with Crippen molar-refractivity contribution in [2.75, 3.05) is 0 Å². The van der Waals surface area contributed by atoms with Crippen LogP contribution in [0.2, 0.25) is 0 Å². The van der Waals surface area contributed by atoms with E-state index in [0.29, 0.717) is 5.56 Å². The number of benzene rings is 1. The largest absolute Gasteiger partial charge is 0.480 e. The van der Waals surface area contributed by atoms with Crippen LogP contribution in [0.5, 0.6) is 0 Å². The normalized spacial score (nSPS) is 15.6. The fourth-order valence-electron chi connectivity index (χ4n) is 2.58. The second-order valence-corrected chi connectivity index (χ2v) is 6.45. The predicted molar refractivity (Wildman–Crippen MR) is 76.8 cm³/mol. The number of carboxylic acids is 1. The highest BCUT2D eigenvalue weighted by molar-refractivity contribution is 5.97. The van der Waals surface area contributed by atoms with Crippen molar-refractivity contribution in [1.82, 2.24) is 5.32 Å². The van der Waals surface area contributed by atoms with Gasteiger partial charge in [0.15, 0.2) is 0 Å². The van der Waals surface area contributed by atoms with Gasteiger partial charge in [0, 0.05) is 5.56 Å². The van der Waals surface area contributed by atoms with Gasteiger partial charge in [0.05, 0.1) is 0 Å². The number of hydrogen-bond donors (Lipinski definition) is 2. The molecule has 0 radical (unpaired) electrons. The van der Waals surface area contributed by atoms with E-state index in [9.17, 15) is 14.7 Å². The minimum atomic E-state index is -1.01. The summed E-state index contributed by atoms with van der Waals surface area (Å²) in [5.41, 5.74) is 2.52. The minimum Gasteiger partial charge on any atom is -0.480 e. The van der Waals surface area contributed by atoms with E-state index in [1.54, 1.807) is 26.8 Å². The van der Waals surface area contributed by atoms with Crippen LogP contribution in [0.15, 0.2) is 18.2 Å². The number of carbonyl (C=O) groups is 2. The summed E-state index contributed by atoms with van der Waals surface area (Å²) in [7, 11) is 0. The Labute approximate surface area is 119 Å². The standard InChI is InChI=1S/C16H21NO3/c1-16(2,3)13(15(19)20)17-14(18)12-8-7-10-5-4-6-11(10)9-12/h7-9,13H,4-6H2,1-3H3,(H,17,18)(H,19,20). The molecule has 4 nitrogen and oxygen atoms in total. The number of carboxylic acid groups (broad SMARTS) is 1. The number of nitrogens with one attached hydrogen (secondary N) is 1. The van der Waals surface area contributed by atoms with E-state index in [1.807, 2.05) is 12.1 Å². The molecule has 0 bridgehead atoms. The molecule has 0 saturated carbocycles. The number of aryl methyl sites for hydroxylation is 2. The van der Waals surface area contributed by atoms with Gasteiger partial charge in [-0.3, -0.25) is 4.79 Å². The molecule has 2 N–H and O–H groups in total. The van der Waals surface area contributed by atoms with Crippen LogP contribution in [0, 0.1) is 5.41 Å². The number of carbonyl (C=O) groups excluding carboxylic acids is 1. The average Bonchev–Trinajstić information content (AvgIpc) is 2.80. The summed E-state index contributed by atoms with van der Waals surface area (Å²) >= 11 is 0. The van der Waals surface area contributed by atoms with E-state index in [-0.39, 0.29) is 5.91 Å². The van der Waals surface area contributed by atoms with Gasteiger partial charge in [-0.1, -0.05) is 26.8 Å². The smallest absolute Gasteiger partial charge is 0.326 e. The lowest BCUT2D eigenvalue weighted by molar-refractivity contribution is -0.142. The molecule has 4 heteroatoms. The lowest BCUT2D eigenvalue weighted by Crippen LogP contribution is -2.49. The molecule has 1 aliphatic rings. The number of fused-ring (bicyclic) bond motifs is 1. The zero-order valence-corrected chi connectivity index (χ0v) is 12.2. The van der Waals surface area contributed by atoms with Crippen LogP contribution in [0.3, 0.4) is 0 Å². The fraction of sp³-hybridized carbons (Fsp3) is 0.500. The molecule has 1 aliphatic carbocycles. The van der Waals surface area contributed by atoms with Gasteiger partial charge in [-0.05, 0) is 47.9 Å². The van der Waals surface area contributed by atoms with Crippen LogP contribution in [-0.2, 0) is 17.6 Å². The molecule has 0 saturated heterocycles. The predicted octanol–water partition coefficient (Wildman–Crippen LogP) is 2.40. The minimum absolute atomic E-state index is 0.318. The topological polar surface area (TPSA) is 66.4 Å². The second kappa shape index (κ2) is 5.27. The second-order valence-electron chi connectivity index (χ2n) is 6.45. The molecule has 0 aliphatic heterocycles. The first-order valence-electron chi connectivity index (χ1n) is 6.94. The first-order valence-corrected chi connectivity index (χ1v) is 6.94. The van der Waals surface area contributed by atoms with Crippen molar-refractivity contribution in [3.8, 4) is 0 Å². The molecule has 108 valence electrons. The monoisotopic (exact) mass is 275 g/mol. The van der Waals surface area contributed by atoms with Gasteiger partial charge in [-0.25, -0.2) is 4.79 Å². The van der Waals surface area contributed by atoms with Crippen LogP contribution < -0.4 is 5.32 Å². The van der Waals surface area contributed by atoms with E-state index in [4.69, 9.17) is 0 Å². The van der Waals surface area contributed by atoms with E-state index in [0.717, 1.165) is 19.3 Å². The van der Waals surface area contributed by atoms with Gasteiger partial charge in [0.2, 0.25) is 0 Å². The van der Waals surface area contributed by atoms with Crippen molar-refractivity contribution in [3.63, 3.8) is 0 Å². The Morgan fingerprint density at radius 2 is 1.85 bits per heavy atom. The van der Waals surface area contributed by atoms with E-state index in [2.05, 4.69) is 5.32 Å². The highest BCUT2D eigenvalue weighted by Gasteiger charge is 2.32. The number of amides is 1. The molecule has 1 aromatic rings. The van der Waals surface area contributed by atoms with Crippen molar-refractivity contribution in [1.29, 1.82) is 0 Å². The molecule has 0 spiro atoms. The molecular weight excluding hydrogens is 254 g/mol. The Morgan fingerprint density at radius 1 is 1.20 bits per heavy atom. The maximum Gasteiger partial charge on any atom is 0.326 e. The summed E-state index contributed by atoms with van der Waals surface area (Å²) < 4.78 is 0. The molecule has 2 rings (SSSR count). The third-order valence-corrected chi connectivity index (χ3v) is 3.75. The van der Waals surface area contributed by atoms with Gasteiger partial charge in [0.1, 0.15) is 6.04 Å². The fourth-order valence-corrected chi connectivity index (χ4v) is 2.58.